The first-order valence-corrected chi connectivity index (χ1v) is 8.05. The Labute approximate surface area is 135 Å². The van der Waals surface area contributed by atoms with E-state index in [-0.39, 0.29) is 0 Å². The van der Waals surface area contributed by atoms with Crippen LogP contribution in [0, 0.1) is 6.92 Å². The summed E-state index contributed by atoms with van der Waals surface area (Å²) in [7, 11) is 1.70. The molecule has 1 unspecified atom stereocenters. The molecule has 0 saturated heterocycles. The van der Waals surface area contributed by atoms with Gasteiger partial charge in [-0.3, -0.25) is 0 Å². The minimum absolute atomic E-state index is 0.365. The lowest BCUT2D eigenvalue weighted by Crippen LogP contribution is -2.20. The van der Waals surface area contributed by atoms with Crippen LogP contribution in [0.2, 0.25) is 0 Å². The van der Waals surface area contributed by atoms with Crippen molar-refractivity contribution in [1.29, 1.82) is 0 Å². The predicted molar refractivity (Wildman–Crippen MR) is 91.7 cm³/mol. The third kappa shape index (κ3) is 4.32. The van der Waals surface area contributed by atoms with Gasteiger partial charge in [-0.15, -0.1) is 0 Å². The largest absolute Gasteiger partial charge is 0.497 e. The van der Waals surface area contributed by atoms with Crippen molar-refractivity contribution >= 4 is 15.9 Å². The highest BCUT2D eigenvalue weighted by Crippen LogP contribution is 2.24. The molecule has 1 N–H and O–H groups in total. The fourth-order valence-corrected chi connectivity index (χ4v) is 2.73. The van der Waals surface area contributed by atoms with Gasteiger partial charge in [0.1, 0.15) is 5.75 Å². The molecule has 0 radical (unpaired) electrons. The van der Waals surface area contributed by atoms with E-state index in [1.165, 1.54) is 16.7 Å². The van der Waals surface area contributed by atoms with E-state index in [4.69, 9.17) is 4.74 Å². The highest BCUT2D eigenvalue weighted by atomic mass is 79.9. The van der Waals surface area contributed by atoms with Gasteiger partial charge in [0.05, 0.1) is 7.11 Å². The van der Waals surface area contributed by atoms with Crippen LogP contribution in [-0.2, 0) is 6.54 Å². The standard InChI is InChI=1S/C18H22BrNO/c1-4-18(14-7-5-13(2)6-8-14)20-12-15-11-16(21-3)9-10-17(15)19/h5-11,18,20H,4,12H2,1-3H3. The van der Waals surface area contributed by atoms with Gasteiger partial charge in [-0.25, -0.2) is 0 Å². The Hall–Kier alpha value is -1.32. The summed E-state index contributed by atoms with van der Waals surface area (Å²) in [4.78, 5) is 0. The topological polar surface area (TPSA) is 21.3 Å². The number of rotatable bonds is 6. The highest BCUT2D eigenvalue weighted by Gasteiger charge is 2.10. The van der Waals surface area contributed by atoms with Crippen LogP contribution < -0.4 is 10.1 Å². The summed E-state index contributed by atoms with van der Waals surface area (Å²) in [5, 5.41) is 3.63. The van der Waals surface area contributed by atoms with E-state index in [9.17, 15) is 0 Å². The second-order valence-corrected chi connectivity index (χ2v) is 6.06. The Morgan fingerprint density at radius 2 is 1.86 bits per heavy atom. The van der Waals surface area contributed by atoms with Crippen molar-refractivity contribution < 1.29 is 4.74 Å². The summed E-state index contributed by atoms with van der Waals surface area (Å²) in [5.74, 6) is 0.887. The van der Waals surface area contributed by atoms with Gasteiger partial charge in [-0.2, -0.15) is 0 Å². The molecule has 0 aromatic heterocycles. The molecular weight excluding hydrogens is 326 g/mol. The predicted octanol–water partition coefficient (Wildman–Crippen LogP) is 5.01. The maximum Gasteiger partial charge on any atom is 0.119 e. The highest BCUT2D eigenvalue weighted by molar-refractivity contribution is 9.10. The molecule has 0 aliphatic rings. The molecule has 2 rings (SSSR count). The van der Waals surface area contributed by atoms with E-state index in [1.807, 2.05) is 12.1 Å². The smallest absolute Gasteiger partial charge is 0.119 e. The molecule has 0 spiro atoms. The van der Waals surface area contributed by atoms with E-state index >= 15 is 0 Å². The minimum atomic E-state index is 0.365. The van der Waals surface area contributed by atoms with Gasteiger partial charge >= 0.3 is 0 Å². The zero-order chi connectivity index (χ0) is 15.2. The lowest BCUT2D eigenvalue weighted by atomic mass is 10.0. The first kappa shape index (κ1) is 16.1. The fourth-order valence-electron chi connectivity index (χ4n) is 2.34. The molecule has 1 atom stereocenters. The Kier molecular flexibility index (Phi) is 5.83. The molecule has 0 bridgehead atoms. The van der Waals surface area contributed by atoms with Crippen molar-refractivity contribution in [3.05, 3.63) is 63.6 Å². The summed E-state index contributed by atoms with van der Waals surface area (Å²) in [6.07, 6.45) is 1.06. The quantitative estimate of drug-likeness (QED) is 0.793. The number of ether oxygens (including phenoxy) is 1. The van der Waals surface area contributed by atoms with Gasteiger partial charge in [-0.05, 0) is 42.7 Å². The molecule has 2 nitrogen and oxygen atoms in total. The molecular formula is C18H22BrNO. The number of nitrogens with one attached hydrogen (secondary N) is 1. The zero-order valence-electron chi connectivity index (χ0n) is 12.8. The minimum Gasteiger partial charge on any atom is -0.497 e. The maximum absolute atomic E-state index is 5.29. The van der Waals surface area contributed by atoms with E-state index < -0.39 is 0 Å². The fraction of sp³-hybridized carbons (Fsp3) is 0.333. The average Bonchev–Trinajstić information content (AvgIpc) is 2.51. The van der Waals surface area contributed by atoms with Gasteiger partial charge in [0.25, 0.3) is 0 Å². The molecule has 21 heavy (non-hydrogen) atoms. The molecule has 2 aromatic rings. The van der Waals surface area contributed by atoms with Gasteiger partial charge < -0.3 is 10.1 Å². The molecule has 112 valence electrons. The first-order chi connectivity index (χ1) is 10.1. The second-order valence-electron chi connectivity index (χ2n) is 5.21. The number of hydrogen-bond donors (Lipinski definition) is 1. The van der Waals surface area contributed by atoms with Crippen molar-refractivity contribution in [2.75, 3.05) is 7.11 Å². The van der Waals surface area contributed by atoms with Crippen LogP contribution in [-0.4, -0.2) is 7.11 Å². The number of methoxy groups -OCH3 is 1. The van der Waals surface area contributed by atoms with Gasteiger partial charge in [0.2, 0.25) is 0 Å². The third-order valence-electron chi connectivity index (χ3n) is 3.68. The van der Waals surface area contributed by atoms with Crippen LogP contribution in [0.5, 0.6) is 5.75 Å². The van der Waals surface area contributed by atoms with Crippen molar-refractivity contribution in [2.24, 2.45) is 0 Å². The third-order valence-corrected chi connectivity index (χ3v) is 4.45. The van der Waals surface area contributed by atoms with Crippen LogP contribution >= 0.6 is 15.9 Å². The summed E-state index contributed by atoms with van der Waals surface area (Å²) >= 11 is 3.60. The van der Waals surface area contributed by atoms with Gasteiger partial charge in [-0.1, -0.05) is 52.7 Å². The van der Waals surface area contributed by atoms with Crippen LogP contribution in [0.4, 0.5) is 0 Å². The maximum atomic E-state index is 5.29. The second kappa shape index (κ2) is 7.62. The van der Waals surface area contributed by atoms with Crippen LogP contribution in [0.3, 0.4) is 0 Å². The average molecular weight is 348 g/mol. The van der Waals surface area contributed by atoms with E-state index in [2.05, 4.69) is 65.4 Å². The van der Waals surface area contributed by atoms with E-state index in [1.54, 1.807) is 7.11 Å². The lowest BCUT2D eigenvalue weighted by molar-refractivity contribution is 0.413. The monoisotopic (exact) mass is 347 g/mol. The normalized spacial score (nSPS) is 12.2. The molecule has 2 aromatic carbocycles. The molecule has 0 saturated carbocycles. The van der Waals surface area contributed by atoms with Crippen molar-refractivity contribution in [3.8, 4) is 5.75 Å². The molecule has 0 aliphatic carbocycles. The summed E-state index contributed by atoms with van der Waals surface area (Å²) < 4.78 is 6.40. The Bertz CT molecular complexity index is 580. The molecule has 0 aliphatic heterocycles. The molecule has 0 fully saturated rings. The molecule has 3 heteroatoms. The Morgan fingerprint density at radius 3 is 2.48 bits per heavy atom. The SMILES string of the molecule is CCC(NCc1cc(OC)ccc1Br)c1ccc(C)cc1. The van der Waals surface area contributed by atoms with Gasteiger partial charge in [0.15, 0.2) is 0 Å². The first-order valence-electron chi connectivity index (χ1n) is 7.26. The zero-order valence-corrected chi connectivity index (χ0v) is 14.4. The van der Waals surface area contributed by atoms with Gasteiger partial charge in [0, 0.05) is 17.1 Å². The summed E-state index contributed by atoms with van der Waals surface area (Å²) in [6, 6.07) is 15.2. The molecule has 0 amide bonds. The number of aryl methyl sites for hydroxylation is 1. The van der Waals surface area contributed by atoms with Crippen molar-refractivity contribution in [3.63, 3.8) is 0 Å². The van der Waals surface area contributed by atoms with Crippen LogP contribution in [0.15, 0.2) is 46.9 Å². The van der Waals surface area contributed by atoms with Crippen LogP contribution in [0.1, 0.15) is 36.1 Å². The number of hydrogen-bond acceptors (Lipinski definition) is 2. The van der Waals surface area contributed by atoms with E-state index in [0.717, 1.165) is 23.2 Å². The Balaban J connectivity index is 2.08. The van der Waals surface area contributed by atoms with E-state index in [0.29, 0.717) is 6.04 Å². The summed E-state index contributed by atoms with van der Waals surface area (Å²) in [6.45, 7) is 5.13. The Morgan fingerprint density at radius 1 is 1.14 bits per heavy atom. The number of benzene rings is 2. The molecule has 0 heterocycles. The van der Waals surface area contributed by atoms with Crippen molar-refractivity contribution in [1.82, 2.24) is 5.32 Å². The van der Waals surface area contributed by atoms with Crippen molar-refractivity contribution in [2.45, 2.75) is 32.9 Å². The lowest BCUT2D eigenvalue weighted by Gasteiger charge is -2.18. The number of halogens is 1. The van der Waals surface area contributed by atoms with Crippen LogP contribution in [0.25, 0.3) is 0 Å². The summed E-state index contributed by atoms with van der Waals surface area (Å²) in [5.41, 5.74) is 3.84.